The molecule has 1 aromatic heterocycles. The zero-order valence-electron chi connectivity index (χ0n) is 11.2. The summed E-state index contributed by atoms with van der Waals surface area (Å²) in [5, 5.41) is 13.4. The second-order valence-corrected chi connectivity index (χ2v) is 4.32. The first-order valence-corrected chi connectivity index (χ1v) is 6.10. The number of urea groups is 1. The molecule has 0 saturated heterocycles. The van der Waals surface area contributed by atoms with Crippen LogP contribution in [0.4, 0.5) is 18.0 Å². The minimum absolute atomic E-state index is 0.00242. The Morgan fingerprint density at radius 2 is 2.00 bits per heavy atom. The second kappa shape index (κ2) is 7.00. The minimum Gasteiger partial charge on any atom is -0.478 e. The summed E-state index contributed by atoms with van der Waals surface area (Å²) < 4.78 is 40.7. The first-order chi connectivity index (χ1) is 9.69. The summed E-state index contributed by atoms with van der Waals surface area (Å²) in [5.74, 6) is -0.681. The molecule has 21 heavy (non-hydrogen) atoms. The summed E-state index contributed by atoms with van der Waals surface area (Å²) in [7, 11) is 0. The van der Waals surface area contributed by atoms with Crippen LogP contribution in [0.15, 0.2) is 10.5 Å². The van der Waals surface area contributed by atoms with Gasteiger partial charge >= 0.3 is 18.2 Å². The normalized spacial score (nSPS) is 11.2. The lowest BCUT2D eigenvalue weighted by molar-refractivity contribution is -0.135. The molecule has 1 heterocycles. The Kier molecular flexibility index (Phi) is 5.62. The number of carbonyl (C=O) groups is 2. The van der Waals surface area contributed by atoms with Crippen LogP contribution >= 0.6 is 0 Å². The first-order valence-electron chi connectivity index (χ1n) is 6.10. The van der Waals surface area contributed by atoms with Gasteiger partial charge in [0, 0.05) is 13.0 Å². The highest BCUT2D eigenvalue weighted by Crippen LogP contribution is 2.20. The molecule has 0 spiro atoms. The van der Waals surface area contributed by atoms with Gasteiger partial charge in [-0.1, -0.05) is 0 Å². The molecule has 0 aliphatic carbocycles. The van der Waals surface area contributed by atoms with E-state index in [9.17, 15) is 22.8 Å². The fourth-order valence-corrected chi connectivity index (χ4v) is 1.56. The molecule has 0 unspecified atom stereocenters. The van der Waals surface area contributed by atoms with Crippen LogP contribution in [0, 0.1) is 6.92 Å². The van der Waals surface area contributed by atoms with E-state index in [1.807, 2.05) is 0 Å². The number of furan rings is 1. The monoisotopic (exact) mass is 308 g/mol. The maximum atomic E-state index is 11.9. The van der Waals surface area contributed by atoms with Gasteiger partial charge in [-0.25, -0.2) is 9.59 Å². The molecule has 3 N–H and O–H groups in total. The van der Waals surface area contributed by atoms with Gasteiger partial charge in [-0.05, 0) is 19.4 Å². The van der Waals surface area contributed by atoms with E-state index in [2.05, 4.69) is 10.6 Å². The molecule has 0 saturated carbocycles. The van der Waals surface area contributed by atoms with Gasteiger partial charge in [-0.2, -0.15) is 13.2 Å². The predicted molar refractivity (Wildman–Crippen MR) is 65.9 cm³/mol. The van der Waals surface area contributed by atoms with Gasteiger partial charge in [0.05, 0.1) is 6.54 Å². The lowest BCUT2D eigenvalue weighted by Crippen LogP contribution is -2.35. The quantitative estimate of drug-likeness (QED) is 0.704. The number of carboxylic acid groups (broad SMARTS) is 1. The molecule has 1 aromatic rings. The van der Waals surface area contributed by atoms with Crippen molar-refractivity contribution in [2.45, 2.75) is 32.5 Å². The molecule has 0 aliphatic rings. The number of nitrogens with one attached hydrogen (secondary N) is 2. The van der Waals surface area contributed by atoms with Crippen LogP contribution in [0.2, 0.25) is 0 Å². The molecule has 118 valence electrons. The van der Waals surface area contributed by atoms with Crippen molar-refractivity contribution in [1.29, 1.82) is 0 Å². The fraction of sp³-hybridized carbons (Fsp3) is 0.500. The smallest absolute Gasteiger partial charge is 0.389 e. The number of alkyl halides is 3. The van der Waals surface area contributed by atoms with E-state index in [0.29, 0.717) is 0 Å². The molecular weight excluding hydrogens is 293 g/mol. The van der Waals surface area contributed by atoms with Crippen molar-refractivity contribution in [2.75, 3.05) is 6.54 Å². The van der Waals surface area contributed by atoms with Crippen molar-refractivity contribution in [2.24, 2.45) is 0 Å². The van der Waals surface area contributed by atoms with Gasteiger partial charge < -0.3 is 20.2 Å². The highest BCUT2D eigenvalue weighted by Gasteiger charge is 2.25. The zero-order chi connectivity index (χ0) is 16.0. The third-order valence-corrected chi connectivity index (χ3v) is 2.54. The highest BCUT2D eigenvalue weighted by molar-refractivity contribution is 5.88. The Labute approximate surface area is 118 Å². The molecule has 6 nitrogen and oxygen atoms in total. The van der Waals surface area contributed by atoms with E-state index in [0.717, 1.165) is 0 Å². The maximum Gasteiger partial charge on any atom is 0.389 e. The molecule has 0 radical (unpaired) electrons. The van der Waals surface area contributed by atoms with E-state index >= 15 is 0 Å². The molecule has 0 atom stereocenters. The Hall–Kier alpha value is -2.19. The zero-order valence-corrected chi connectivity index (χ0v) is 11.2. The van der Waals surface area contributed by atoms with Crippen LogP contribution in [-0.4, -0.2) is 29.8 Å². The average Bonchev–Trinajstić information content (AvgIpc) is 2.72. The number of amides is 2. The number of aromatic carboxylic acids is 1. The van der Waals surface area contributed by atoms with Crippen LogP contribution in [0.1, 0.15) is 34.7 Å². The maximum absolute atomic E-state index is 11.9. The number of aryl methyl sites for hydroxylation is 1. The Morgan fingerprint density at radius 1 is 1.33 bits per heavy atom. The third kappa shape index (κ3) is 6.19. The SMILES string of the molecule is Cc1oc(CNC(=O)NCCCC(F)(F)F)cc1C(=O)O. The topological polar surface area (TPSA) is 91.6 Å². The molecule has 1 rings (SSSR count). The van der Waals surface area contributed by atoms with Gasteiger partial charge in [-0.15, -0.1) is 0 Å². The summed E-state index contributed by atoms with van der Waals surface area (Å²) in [5.41, 5.74) is -0.00242. The molecule has 0 aromatic carbocycles. The Morgan fingerprint density at radius 3 is 2.52 bits per heavy atom. The Balaban J connectivity index is 2.30. The van der Waals surface area contributed by atoms with Crippen LogP contribution in [0.25, 0.3) is 0 Å². The van der Waals surface area contributed by atoms with E-state index < -0.39 is 24.6 Å². The van der Waals surface area contributed by atoms with Crippen molar-refractivity contribution in [3.63, 3.8) is 0 Å². The van der Waals surface area contributed by atoms with Crippen molar-refractivity contribution in [3.8, 4) is 0 Å². The van der Waals surface area contributed by atoms with Crippen LogP contribution in [0.5, 0.6) is 0 Å². The predicted octanol–water partition coefficient (Wildman–Crippen LogP) is 2.43. The largest absolute Gasteiger partial charge is 0.478 e. The van der Waals surface area contributed by atoms with Crippen LogP contribution < -0.4 is 10.6 Å². The lowest BCUT2D eigenvalue weighted by atomic mass is 10.2. The standard InChI is InChI=1S/C12H15F3N2O4/c1-7-9(10(18)19)5-8(21-7)6-17-11(20)16-4-2-3-12(13,14)15/h5H,2-4,6H2,1H3,(H,18,19)(H2,16,17,20). The van der Waals surface area contributed by atoms with Gasteiger partial charge in [0.2, 0.25) is 0 Å². The second-order valence-electron chi connectivity index (χ2n) is 4.32. The van der Waals surface area contributed by atoms with Crippen LogP contribution in [0.3, 0.4) is 0 Å². The first kappa shape index (κ1) is 16.9. The summed E-state index contributed by atoms with van der Waals surface area (Å²) in [6, 6.07) is 0.629. The molecule has 2 amide bonds. The van der Waals surface area contributed by atoms with Crippen molar-refractivity contribution in [1.82, 2.24) is 10.6 Å². The summed E-state index contributed by atoms with van der Waals surface area (Å²) in [4.78, 5) is 22.1. The molecular formula is C12H15F3N2O4. The number of hydrogen-bond acceptors (Lipinski definition) is 3. The number of halogens is 3. The fourth-order valence-electron chi connectivity index (χ4n) is 1.56. The van der Waals surface area contributed by atoms with Gasteiger partial charge in [0.25, 0.3) is 0 Å². The van der Waals surface area contributed by atoms with Crippen molar-refractivity contribution in [3.05, 3.63) is 23.2 Å². The summed E-state index contributed by atoms with van der Waals surface area (Å²) >= 11 is 0. The van der Waals surface area contributed by atoms with Crippen molar-refractivity contribution >= 4 is 12.0 Å². The molecule has 9 heteroatoms. The number of rotatable bonds is 6. The van der Waals surface area contributed by atoms with E-state index in [1.165, 1.54) is 13.0 Å². The summed E-state index contributed by atoms with van der Waals surface area (Å²) in [6.07, 6.45) is -5.41. The average molecular weight is 308 g/mol. The number of carboxylic acids is 1. The minimum atomic E-state index is -4.24. The van der Waals surface area contributed by atoms with Gasteiger partial charge in [-0.3, -0.25) is 0 Å². The molecule has 0 fully saturated rings. The van der Waals surface area contributed by atoms with Crippen LogP contribution in [-0.2, 0) is 6.54 Å². The molecule has 0 aliphatic heterocycles. The van der Waals surface area contributed by atoms with E-state index in [4.69, 9.17) is 9.52 Å². The molecule has 0 bridgehead atoms. The van der Waals surface area contributed by atoms with E-state index in [1.54, 1.807) is 0 Å². The van der Waals surface area contributed by atoms with E-state index in [-0.39, 0.29) is 36.6 Å². The summed E-state index contributed by atoms with van der Waals surface area (Å²) in [6.45, 7) is 1.31. The third-order valence-electron chi connectivity index (χ3n) is 2.54. The lowest BCUT2D eigenvalue weighted by Gasteiger charge is -2.08. The Bertz CT molecular complexity index is 511. The number of hydrogen-bond donors (Lipinski definition) is 3. The van der Waals surface area contributed by atoms with Gasteiger partial charge in [0.15, 0.2) is 0 Å². The highest BCUT2D eigenvalue weighted by atomic mass is 19.4. The van der Waals surface area contributed by atoms with Gasteiger partial charge in [0.1, 0.15) is 17.1 Å². The van der Waals surface area contributed by atoms with Crippen molar-refractivity contribution < 1.29 is 32.3 Å². The number of carbonyl (C=O) groups excluding carboxylic acids is 1.